The molecule has 198 valence electrons. The second-order valence-corrected chi connectivity index (χ2v) is 12.0. The summed E-state index contributed by atoms with van der Waals surface area (Å²) in [6, 6.07) is 15.2. The highest BCUT2D eigenvalue weighted by Gasteiger charge is 2.43. The predicted octanol–water partition coefficient (Wildman–Crippen LogP) is 5.42. The van der Waals surface area contributed by atoms with E-state index in [-0.39, 0.29) is 29.1 Å². The van der Waals surface area contributed by atoms with Crippen molar-refractivity contribution in [3.8, 4) is 5.75 Å². The fourth-order valence-electron chi connectivity index (χ4n) is 4.45. The van der Waals surface area contributed by atoms with E-state index in [4.69, 9.17) is 4.74 Å². The number of anilines is 1. The van der Waals surface area contributed by atoms with Gasteiger partial charge in [0.05, 0.1) is 40.4 Å². The Balaban J connectivity index is 1.37. The van der Waals surface area contributed by atoms with Gasteiger partial charge in [0, 0.05) is 11.3 Å². The lowest BCUT2D eigenvalue weighted by Crippen LogP contribution is -2.44. The lowest BCUT2D eigenvalue weighted by atomic mass is 9.81. The van der Waals surface area contributed by atoms with Crippen LogP contribution in [0.5, 0.6) is 5.75 Å². The maximum atomic E-state index is 13.0. The summed E-state index contributed by atoms with van der Waals surface area (Å²) in [5, 5.41) is 12.7. The topological polar surface area (TPSA) is 88.5 Å². The average Bonchev–Trinajstić information content (AvgIpc) is 2.83. The molecule has 1 aliphatic carbocycles. The molecule has 10 heteroatoms. The monoisotopic (exact) mass is 534 g/mol. The number of aromatic nitrogens is 1. The van der Waals surface area contributed by atoms with Crippen molar-refractivity contribution in [2.24, 2.45) is 5.92 Å². The first kappa shape index (κ1) is 26.9. The zero-order valence-corrected chi connectivity index (χ0v) is 21.5. The van der Waals surface area contributed by atoms with E-state index in [2.05, 4.69) is 24.1 Å². The number of nitrogens with zero attached hydrogens (tertiary/aromatic N) is 1. The predicted molar refractivity (Wildman–Crippen MR) is 134 cm³/mol. The smallest absolute Gasteiger partial charge is 0.416 e. The Kier molecular flexibility index (Phi) is 7.27. The van der Waals surface area contributed by atoms with Gasteiger partial charge in [0.25, 0.3) is 0 Å². The molecule has 1 unspecified atom stereocenters. The molecule has 0 spiro atoms. The van der Waals surface area contributed by atoms with Gasteiger partial charge in [-0.25, -0.2) is 8.42 Å². The summed E-state index contributed by atoms with van der Waals surface area (Å²) >= 11 is 0. The molecule has 4 rings (SSSR count). The first-order chi connectivity index (χ1) is 17.3. The molecule has 0 saturated heterocycles. The number of alkyl halides is 3. The molecule has 1 aromatic heterocycles. The molecule has 0 bridgehead atoms. The van der Waals surface area contributed by atoms with Gasteiger partial charge >= 0.3 is 6.18 Å². The van der Waals surface area contributed by atoms with Crippen molar-refractivity contribution < 1.29 is 31.4 Å². The van der Waals surface area contributed by atoms with Gasteiger partial charge in [0.1, 0.15) is 12.0 Å². The minimum Gasteiger partial charge on any atom is -0.497 e. The molecule has 0 radical (unpaired) electrons. The van der Waals surface area contributed by atoms with Crippen LogP contribution in [0.1, 0.15) is 43.5 Å². The Hall–Kier alpha value is -3.11. The van der Waals surface area contributed by atoms with Crippen LogP contribution >= 0.6 is 0 Å². The third kappa shape index (κ3) is 5.60. The second kappa shape index (κ2) is 9.98. The number of hydrogen-bond acceptors (Lipinski definition) is 6. The van der Waals surface area contributed by atoms with Gasteiger partial charge in [0.2, 0.25) is 0 Å². The third-order valence-corrected chi connectivity index (χ3v) is 9.21. The SMILES string of the molecule is COc1ccc(C(C)(C)c2ccc(NC(O)[C@H]3C[C@H](S(=O)(=O)c4cccc(C(F)(F)F)c4)C3)cn2)cc1. The minimum atomic E-state index is -4.62. The Morgan fingerprint density at radius 2 is 1.70 bits per heavy atom. The number of rotatable bonds is 8. The maximum absolute atomic E-state index is 13.0. The number of halogens is 3. The number of sulfone groups is 1. The van der Waals surface area contributed by atoms with Gasteiger partial charge < -0.3 is 15.2 Å². The summed E-state index contributed by atoms with van der Waals surface area (Å²) in [5.74, 6) is 0.405. The molecule has 1 heterocycles. The van der Waals surface area contributed by atoms with Gasteiger partial charge in [-0.1, -0.05) is 32.0 Å². The van der Waals surface area contributed by atoms with E-state index in [1.54, 1.807) is 19.4 Å². The largest absolute Gasteiger partial charge is 0.497 e. The molecule has 0 amide bonds. The van der Waals surface area contributed by atoms with Crippen LogP contribution in [0.4, 0.5) is 18.9 Å². The Labute approximate surface area is 214 Å². The molecular formula is C27H29F3N2O4S. The number of ether oxygens (including phenoxy) is 1. The van der Waals surface area contributed by atoms with Gasteiger partial charge in [-0.05, 0) is 60.9 Å². The van der Waals surface area contributed by atoms with Crippen molar-refractivity contribution in [3.63, 3.8) is 0 Å². The maximum Gasteiger partial charge on any atom is 0.416 e. The minimum absolute atomic E-state index is 0.142. The summed E-state index contributed by atoms with van der Waals surface area (Å²) in [7, 11) is -2.32. The number of aliphatic hydroxyl groups is 1. The number of pyridine rings is 1. The standard InChI is InChI=1S/C27H29F3N2O4S/c1-26(2,18-7-10-21(36-3)11-8-18)24-12-9-20(16-31-24)32-25(33)17-13-23(14-17)37(34,35)22-6-4-5-19(15-22)27(28,29)30/h4-12,15-17,23,25,32-33H,13-14H2,1-3H3/t17-,23-,25?. The molecule has 0 aliphatic heterocycles. The van der Waals surface area contributed by atoms with Crippen LogP contribution in [-0.2, 0) is 21.4 Å². The third-order valence-electron chi connectivity index (χ3n) is 7.04. The Morgan fingerprint density at radius 3 is 2.27 bits per heavy atom. The molecular weight excluding hydrogens is 505 g/mol. The number of aliphatic hydroxyl groups excluding tert-OH is 1. The van der Waals surface area contributed by atoms with Crippen molar-refractivity contribution in [2.45, 2.75) is 54.7 Å². The molecule has 1 saturated carbocycles. The van der Waals surface area contributed by atoms with Crippen LogP contribution < -0.4 is 10.1 Å². The van der Waals surface area contributed by atoms with Gasteiger partial charge in [-0.15, -0.1) is 0 Å². The molecule has 37 heavy (non-hydrogen) atoms. The van der Waals surface area contributed by atoms with Crippen molar-refractivity contribution >= 4 is 15.5 Å². The fourth-order valence-corrected chi connectivity index (χ4v) is 6.40. The van der Waals surface area contributed by atoms with Gasteiger partial charge in [-0.3, -0.25) is 4.98 Å². The van der Waals surface area contributed by atoms with E-state index in [9.17, 15) is 26.7 Å². The average molecular weight is 535 g/mol. The second-order valence-electron chi connectivity index (χ2n) is 9.80. The zero-order valence-electron chi connectivity index (χ0n) is 20.7. The van der Waals surface area contributed by atoms with Crippen LogP contribution in [0.25, 0.3) is 0 Å². The van der Waals surface area contributed by atoms with Crippen LogP contribution in [0.15, 0.2) is 71.8 Å². The van der Waals surface area contributed by atoms with E-state index in [0.29, 0.717) is 11.8 Å². The molecule has 1 fully saturated rings. The summed E-state index contributed by atoms with van der Waals surface area (Å²) in [6.45, 7) is 4.11. The molecule has 6 nitrogen and oxygen atoms in total. The Morgan fingerprint density at radius 1 is 1.03 bits per heavy atom. The van der Waals surface area contributed by atoms with Crippen LogP contribution in [0, 0.1) is 5.92 Å². The number of benzene rings is 2. The van der Waals surface area contributed by atoms with Crippen molar-refractivity contribution in [1.82, 2.24) is 4.98 Å². The number of hydrogen-bond donors (Lipinski definition) is 2. The summed E-state index contributed by atoms with van der Waals surface area (Å²) in [5.41, 5.74) is 1.09. The first-order valence-corrected chi connectivity index (χ1v) is 13.3. The molecule has 2 aromatic carbocycles. The summed E-state index contributed by atoms with van der Waals surface area (Å²) in [6.07, 6.45) is -3.75. The fraction of sp³-hybridized carbons (Fsp3) is 0.370. The lowest BCUT2D eigenvalue weighted by Gasteiger charge is -2.38. The molecule has 2 N–H and O–H groups in total. The van der Waals surface area contributed by atoms with E-state index in [0.717, 1.165) is 29.1 Å². The summed E-state index contributed by atoms with van der Waals surface area (Å²) < 4.78 is 69.8. The molecule has 3 aromatic rings. The van der Waals surface area contributed by atoms with E-state index >= 15 is 0 Å². The van der Waals surface area contributed by atoms with Crippen LogP contribution in [0.2, 0.25) is 0 Å². The summed E-state index contributed by atoms with van der Waals surface area (Å²) in [4.78, 5) is 4.20. The lowest BCUT2D eigenvalue weighted by molar-refractivity contribution is -0.137. The highest BCUT2D eigenvalue weighted by atomic mass is 32.2. The zero-order chi connectivity index (χ0) is 27.0. The quantitative estimate of drug-likeness (QED) is 0.376. The number of methoxy groups -OCH3 is 1. The van der Waals surface area contributed by atoms with E-state index in [1.165, 1.54) is 6.07 Å². The number of nitrogens with one attached hydrogen (secondary N) is 1. The van der Waals surface area contributed by atoms with Crippen molar-refractivity contribution in [2.75, 3.05) is 12.4 Å². The Bertz CT molecular complexity index is 1340. The van der Waals surface area contributed by atoms with Gasteiger partial charge in [0.15, 0.2) is 9.84 Å². The normalized spacial score (nSPS) is 19.1. The van der Waals surface area contributed by atoms with E-state index < -0.39 is 33.1 Å². The van der Waals surface area contributed by atoms with Crippen molar-refractivity contribution in [3.05, 3.63) is 83.7 Å². The highest BCUT2D eigenvalue weighted by Crippen LogP contribution is 2.40. The van der Waals surface area contributed by atoms with Crippen LogP contribution in [-0.4, -0.2) is 37.1 Å². The molecule has 1 aliphatic rings. The highest BCUT2D eigenvalue weighted by molar-refractivity contribution is 7.92. The van der Waals surface area contributed by atoms with E-state index in [1.807, 2.05) is 30.3 Å². The van der Waals surface area contributed by atoms with Gasteiger partial charge in [-0.2, -0.15) is 13.2 Å². The van der Waals surface area contributed by atoms with Crippen molar-refractivity contribution in [1.29, 1.82) is 0 Å². The van der Waals surface area contributed by atoms with Crippen LogP contribution in [0.3, 0.4) is 0 Å². The first-order valence-electron chi connectivity index (χ1n) is 11.8. The molecule has 1 atom stereocenters.